The molecule has 0 aliphatic carbocycles. The molecule has 1 aromatic carbocycles. The van der Waals surface area contributed by atoms with Crippen LogP contribution in [-0.4, -0.2) is 38.1 Å². The minimum atomic E-state index is 0.944. The number of benzene rings is 1. The summed E-state index contributed by atoms with van der Waals surface area (Å²) in [5.74, 6) is 0.966. The Hall–Kier alpha value is -2.60. The monoisotopic (exact) mass is 322 g/mol. The van der Waals surface area contributed by atoms with Crippen LogP contribution >= 0.6 is 0 Å². The maximum absolute atomic E-state index is 4.67. The van der Waals surface area contributed by atoms with E-state index in [0.29, 0.717) is 0 Å². The molecule has 0 amide bonds. The van der Waals surface area contributed by atoms with E-state index in [0.717, 1.165) is 42.1 Å². The molecule has 2 aromatic heterocycles. The molecule has 124 valence electrons. The standard InChI is InChI=1S/C18H22N6/c1-22-9-8-17-16(12-22)18(21-24(17)3)20-15-6-4-13(5-7-15)14-10-19-23(2)11-14/h4-7,10-11H,8-9,12H2,1-3H3,(H,20,21). The number of hydrogen-bond acceptors (Lipinski definition) is 4. The molecule has 0 saturated heterocycles. The second-order valence-electron chi connectivity index (χ2n) is 6.49. The minimum absolute atomic E-state index is 0.944. The number of aromatic nitrogens is 4. The Balaban J connectivity index is 1.58. The van der Waals surface area contributed by atoms with Crippen LogP contribution < -0.4 is 5.32 Å². The Kier molecular flexibility index (Phi) is 3.61. The highest BCUT2D eigenvalue weighted by molar-refractivity contribution is 5.67. The Morgan fingerprint density at radius 3 is 2.54 bits per heavy atom. The molecule has 3 heterocycles. The van der Waals surface area contributed by atoms with Crippen molar-refractivity contribution in [3.05, 3.63) is 47.9 Å². The molecular weight excluding hydrogens is 300 g/mol. The zero-order valence-corrected chi connectivity index (χ0v) is 14.3. The van der Waals surface area contributed by atoms with Crippen LogP contribution in [0.2, 0.25) is 0 Å². The predicted molar refractivity (Wildman–Crippen MR) is 95.2 cm³/mol. The molecule has 0 bridgehead atoms. The number of anilines is 2. The molecule has 0 fully saturated rings. The van der Waals surface area contributed by atoms with Crippen molar-refractivity contribution in [1.29, 1.82) is 0 Å². The van der Waals surface area contributed by atoms with E-state index in [9.17, 15) is 0 Å². The van der Waals surface area contributed by atoms with Gasteiger partial charge in [0.25, 0.3) is 0 Å². The first-order valence-corrected chi connectivity index (χ1v) is 8.19. The van der Waals surface area contributed by atoms with Gasteiger partial charge in [0.1, 0.15) is 0 Å². The van der Waals surface area contributed by atoms with E-state index in [1.165, 1.54) is 11.3 Å². The van der Waals surface area contributed by atoms with Crippen molar-refractivity contribution < 1.29 is 0 Å². The van der Waals surface area contributed by atoms with Crippen molar-refractivity contribution >= 4 is 11.5 Å². The fourth-order valence-electron chi connectivity index (χ4n) is 3.28. The highest BCUT2D eigenvalue weighted by Gasteiger charge is 2.22. The summed E-state index contributed by atoms with van der Waals surface area (Å²) in [6.45, 7) is 2.03. The minimum Gasteiger partial charge on any atom is -0.338 e. The molecule has 0 unspecified atom stereocenters. The van der Waals surface area contributed by atoms with Crippen LogP contribution in [0.15, 0.2) is 36.7 Å². The first kappa shape index (κ1) is 15.0. The number of fused-ring (bicyclic) bond motifs is 1. The third-order valence-corrected chi connectivity index (χ3v) is 4.62. The van der Waals surface area contributed by atoms with Crippen LogP contribution in [-0.2, 0) is 27.1 Å². The Morgan fingerprint density at radius 1 is 1.04 bits per heavy atom. The van der Waals surface area contributed by atoms with E-state index in [2.05, 4.69) is 51.7 Å². The molecule has 0 spiro atoms. The summed E-state index contributed by atoms with van der Waals surface area (Å²) >= 11 is 0. The van der Waals surface area contributed by atoms with E-state index in [1.54, 1.807) is 0 Å². The third kappa shape index (κ3) is 2.69. The molecule has 6 heteroatoms. The molecule has 1 N–H and O–H groups in total. The van der Waals surface area contributed by atoms with Gasteiger partial charge in [-0.1, -0.05) is 12.1 Å². The number of aryl methyl sites for hydroxylation is 2. The lowest BCUT2D eigenvalue weighted by atomic mass is 10.1. The van der Waals surface area contributed by atoms with Crippen molar-refractivity contribution in [3.63, 3.8) is 0 Å². The quantitative estimate of drug-likeness (QED) is 0.805. The molecule has 0 saturated carbocycles. The van der Waals surface area contributed by atoms with Gasteiger partial charge in [-0.3, -0.25) is 9.36 Å². The van der Waals surface area contributed by atoms with E-state index < -0.39 is 0 Å². The summed E-state index contributed by atoms with van der Waals surface area (Å²) in [4.78, 5) is 2.33. The first-order valence-electron chi connectivity index (χ1n) is 8.19. The van der Waals surface area contributed by atoms with Crippen molar-refractivity contribution in [2.75, 3.05) is 18.9 Å². The summed E-state index contributed by atoms with van der Waals surface area (Å²) in [5.41, 5.74) is 5.99. The van der Waals surface area contributed by atoms with Gasteiger partial charge in [-0.15, -0.1) is 0 Å². The van der Waals surface area contributed by atoms with Gasteiger partial charge in [-0.25, -0.2) is 0 Å². The average molecular weight is 322 g/mol. The molecule has 4 rings (SSSR count). The van der Waals surface area contributed by atoms with E-state index in [1.807, 2.05) is 35.9 Å². The maximum atomic E-state index is 4.67. The zero-order valence-electron chi connectivity index (χ0n) is 14.3. The Labute approximate surface area is 141 Å². The average Bonchev–Trinajstić information content (AvgIpc) is 3.13. The Morgan fingerprint density at radius 2 is 1.83 bits per heavy atom. The van der Waals surface area contributed by atoms with Crippen molar-refractivity contribution in [2.45, 2.75) is 13.0 Å². The lowest BCUT2D eigenvalue weighted by Crippen LogP contribution is -2.27. The van der Waals surface area contributed by atoms with Gasteiger partial charge in [0.15, 0.2) is 5.82 Å². The zero-order chi connectivity index (χ0) is 16.7. The predicted octanol–water partition coefficient (Wildman–Crippen LogP) is 2.55. The van der Waals surface area contributed by atoms with Crippen LogP contribution in [0.5, 0.6) is 0 Å². The van der Waals surface area contributed by atoms with Crippen LogP contribution in [0.25, 0.3) is 11.1 Å². The molecule has 6 nitrogen and oxygen atoms in total. The second-order valence-corrected chi connectivity index (χ2v) is 6.49. The number of nitrogens with one attached hydrogen (secondary N) is 1. The molecule has 1 aliphatic heterocycles. The number of rotatable bonds is 3. The molecule has 1 aliphatic rings. The fourth-order valence-corrected chi connectivity index (χ4v) is 3.28. The molecular formula is C18H22N6. The number of hydrogen-bond donors (Lipinski definition) is 1. The normalized spacial score (nSPS) is 14.6. The summed E-state index contributed by atoms with van der Waals surface area (Å²) in [6, 6.07) is 8.41. The molecule has 24 heavy (non-hydrogen) atoms. The van der Waals surface area contributed by atoms with Gasteiger partial charge in [0.05, 0.1) is 6.20 Å². The lowest BCUT2D eigenvalue weighted by Gasteiger charge is -2.23. The van der Waals surface area contributed by atoms with Crippen LogP contribution in [0.4, 0.5) is 11.5 Å². The van der Waals surface area contributed by atoms with Crippen LogP contribution in [0, 0.1) is 0 Å². The summed E-state index contributed by atoms with van der Waals surface area (Å²) < 4.78 is 3.83. The van der Waals surface area contributed by atoms with Gasteiger partial charge in [0, 0.05) is 62.3 Å². The SMILES string of the molecule is CN1CCc2c(c(Nc3ccc(-c4cnn(C)c4)cc3)nn2C)C1. The maximum Gasteiger partial charge on any atom is 0.157 e. The van der Waals surface area contributed by atoms with Crippen molar-refractivity contribution in [2.24, 2.45) is 14.1 Å². The van der Waals surface area contributed by atoms with E-state index in [4.69, 9.17) is 0 Å². The second kappa shape index (κ2) is 5.79. The lowest BCUT2D eigenvalue weighted by molar-refractivity contribution is 0.309. The number of likely N-dealkylation sites (N-methyl/N-ethyl adjacent to an activating group) is 1. The van der Waals surface area contributed by atoms with Gasteiger partial charge in [-0.2, -0.15) is 10.2 Å². The van der Waals surface area contributed by atoms with E-state index in [-0.39, 0.29) is 0 Å². The van der Waals surface area contributed by atoms with Crippen molar-refractivity contribution in [3.8, 4) is 11.1 Å². The molecule has 0 atom stereocenters. The van der Waals surface area contributed by atoms with Gasteiger partial charge < -0.3 is 10.2 Å². The van der Waals surface area contributed by atoms with Crippen LogP contribution in [0.1, 0.15) is 11.3 Å². The van der Waals surface area contributed by atoms with Crippen molar-refractivity contribution in [1.82, 2.24) is 24.5 Å². The first-order chi connectivity index (χ1) is 11.6. The molecule has 3 aromatic rings. The summed E-state index contributed by atoms with van der Waals surface area (Å²) in [5, 5.41) is 12.4. The smallest absolute Gasteiger partial charge is 0.157 e. The summed E-state index contributed by atoms with van der Waals surface area (Å²) in [7, 11) is 6.11. The topological polar surface area (TPSA) is 50.9 Å². The third-order valence-electron chi connectivity index (χ3n) is 4.62. The van der Waals surface area contributed by atoms with E-state index >= 15 is 0 Å². The summed E-state index contributed by atoms with van der Waals surface area (Å²) in [6.07, 6.45) is 4.96. The molecule has 0 radical (unpaired) electrons. The highest BCUT2D eigenvalue weighted by Crippen LogP contribution is 2.28. The highest BCUT2D eigenvalue weighted by atomic mass is 15.3. The van der Waals surface area contributed by atoms with Gasteiger partial charge in [0.2, 0.25) is 0 Å². The van der Waals surface area contributed by atoms with Gasteiger partial charge in [-0.05, 0) is 24.7 Å². The fraction of sp³-hybridized carbons (Fsp3) is 0.333. The Bertz CT molecular complexity index is 858. The van der Waals surface area contributed by atoms with Gasteiger partial charge >= 0.3 is 0 Å². The largest absolute Gasteiger partial charge is 0.338 e. The van der Waals surface area contributed by atoms with Crippen LogP contribution in [0.3, 0.4) is 0 Å². The number of nitrogens with zero attached hydrogens (tertiary/aromatic N) is 5.